The molecule has 1 fully saturated rings. The van der Waals surface area contributed by atoms with Crippen LogP contribution < -0.4 is 5.32 Å². The number of hydrogen-bond donors (Lipinski definition) is 1. The molecule has 0 aliphatic heterocycles. The molecule has 2 atom stereocenters. The maximum absolute atomic E-state index is 11.8. The predicted molar refractivity (Wildman–Crippen MR) is 51.3 cm³/mol. The van der Waals surface area contributed by atoms with Crippen LogP contribution in [0.2, 0.25) is 0 Å². The van der Waals surface area contributed by atoms with E-state index < -0.39 is 6.61 Å². The van der Waals surface area contributed by atoms with Crippen LogP contribution in [0, 0.1) is 11.8 Å². The minimum absolute atomic E-state index is 0.230. The summed E-state index contributed by atoms with van der Waals surface area (Å²) in [4.78, 5) is 0. The fourth-order valence-corrected chi connectivity index (χ4v) is 2.15. The summed E-state index contributed by atoms with van der Waals surface area (Å²) in [6.45, 7) is -1.35. The van der Waals surface area contributed by atoms with Crippen LogP contribution in [-0.2, 0) is 4.74 Å². The molecule has 4 heteroatoms. The zero-order valence-electron chi connectivity index (χ0n) is 8.64. The molecule has 0 saturated heterocycles. The largest absolute Gasteiger partial charge is 0.345 e. The van der Waals surface area contributed by atoms with E-state index in [1.54, 1.807) is 0 Å². The highest BCUT2D eigenvalue weighted by atomic mass is 19.3. The number of hydrogen-bond acceptors (Lipinski definition) is 2. The van der Waals surface area contributed by atoms with Gasteiger partial charge in [0.2, 0.25) is 0 Å². The van der Waals surface area contributed by atoms with E-state index in [4.69, 9.17) is 0 Å². The summed E-state index contributed by atoms with van der Waals surface area (Å²) in [5, 5.41) is 3.11. The Kier molecular flexibility index (Phi) is 5.33. The van der Waals surface area contributed by atoms with Crippen LogP contribution in [0.4, 0.5) is 8.78 Å². The Morgan fingerprint density at radius 3 is 2.71 bits per heavy atom. The Labute approximate surface area is 84.0 Å². The molecule has 1 rings (SSSR count). The highest BCUT2D eigenvalue weighted by Crippen LogP contribution is 2.33. The predicted octanol–water partition coefficient (Wildman–Crippen LogP) is 2.25. The van der Waals surface area contributed by atoms with Crippen molar-refractivity contribution in [2.24, 2.45) is 11.8 Å². The van der Waals surface area contributed by atoms with Gasteiger partial charge in [-0.1, -0.05) is 6.42 Å². The van der Waals surface area contributed by atoms with Crippen molar-refractivity contribution in [2.45, 2.75) is 32.3 Å². The first-order valence-electron chi connectivity index (χ1n) is 5.26. The molecule has 0 heterocycles. The first kappa shape index (κ1) is 11.9. The zero-order valence-corrected chi connectivity index (χ0v) is 8.64. The molecule has 2 unspecified atom stereocenters. The minimum Gasteiger partial charge on any atom is -0.323 e. The van der Waals surface area contributed by atoms with Gasteiger partial charge in [-0.25, -0.2) is 0 Å². The van der Waals surface area contributed by atoms with E-state index in [1.807, 2.05) is 7.05 Å². The van der Waals surface area contributed by atoms with E-state index in [-0.39, 0.29) is 6.61 Å². The number of ether oxygens (including phenoxy) is 1. The molecule has 1 N–H and O–H groups in total. The van der Waals surface area contributed by atoms with Crippen LogP contribution in [0.3, 0.4) is 0 Å². The molecule has 0 aromatic rings. The van der Waals surface area contributed by atoms with Crippen molar-refractivity contribution in [2.75, 3.05) is 20.2 Å². The van der Waals surface area contributed by atoms with Crippen molar-refractivity contribution >= 4 is 0 Å². The molecule has 0 aromatic carbocycles. The summed E-state index contributed by atoms with van der Waals surface area (Å²) in [5.41, 5.74) is 0. The minimum atomic E-state index is -2.61. The molecule has 1 aliphatic rings. The molecule has 14 heavy (non-hydrogen) atoms. The van der Waals surface area contributed by atoms with E-state index >= 15 is 0 Å². The highest BCUT2D eigenvalue weighted by molar-refractivity contribution is 4.75. The molecule has 0 bridgehead atoms. The van der Waals surface area contributed by atoms with Crippen molar-refractivity contribution in [3.63, 3.8) is 0 Å². The lowest BCUT2D eigenvalue weighted by molar-refractivity contribution is -0.137. The van der Waals surface area contributed by atoms with Crippen LogP contribution in [0.15, 0.2) is 0 Å². The molecule has 2 nitrogen and oxygen atoms in total. The molecule has 84 valence electrons. The van der Waals surface area contributed by atoms with Crippen LogP contribution in [0.5, 0.6) is 0 Å². The number of halogens is 2. The number of rotatable bonds is 6. The Hall–Kier alpha value is -0.220. The quantitative estimate of drug-likeness (QED) is 0.721. The van der Waals surface area contributed by atoms with Crippen LogP contribution >= 0.6 is 0 Å². The summed E-state index contributed by atoms with van der Waals surface area (Å²) in [6.07, 6.45) is 4.41. The lowest BCUT2D eigenvalue weighted by atomic mass is 10.0. The molecule has 0 amide bonds. The zero-order chi connectivity index (χ0) is 10.4. The molecular weight excluding hydrogens is 188 g/mol. The van der Waals surface area contributed by atoms with Gasteiger partial charge in [-0.3, -0.25) is 0 Å². The Morgan fingerprint density at radius 1 is 1.36 bits per heavy atom. The van der Waals surface area contributed by atoms with Crippen molar-refractivity contribution in [1.29, 1.82) is 0 Å². The monoisotopic (exact) mass is 207 g/mol. The third kappa shape index (κ3) is 4.33. The third-order valence-electron chi connectivity index (χ3n) is 2.91. The van der Waals surface area contributed by atoms with Gasteiger partial charge < -0.3 is 10.1 Å². The molecular formula is C10H19F2NO. The van der Waals surface area contributed by atoms with Gasteiger partial charge in [0.25, 0.3) is 0 Å². The third-order valence-corrected chi connectivity index (χ3v) is 2.91. The number of nitrogens with one attached hydrogen (secondary N) is 1. The molecule has 0 spiro atoms. The second-order valence-electron chi connectivity index (χ2n) is 4.03. The van der Waals surface area contributed by atoms with E-state index in [2.05, 4.69) is 10.1 Å². The Morgan fingerprint density at radius 2 is 2.07 bits per heavy atom. The molecule has 0 aromatic heterocycles. The van der Waals surface area contributed by atoms with E-state index in [9.17, 15) is 8.78 Å². The Bertz CT molecular complexity index is 155. The van der Waals surface area contributed by atoms with Crippen molar-refractivity contribution < 1.29 is 13.5 Å². The SMILES string of the molecule is CNCCC1CCC(COC(F)F)C1. The number of alkyl halides is 2. The molecule has 1 saturated carbocycles. The van der Waals surface area contributed by atoms with Gasteiger partial charge >= 0.3 is 6.61 Å². The van der Waals surface area contributed by atoms with Crippen molar-refractivity contribution in [1.82, 2.24) is 5.32 Å². The fraction of sp³-hybridized carbons (Fsp3) is 1.00. The summed E-state index contributed by atoms with van der Waals surface area (Å²) in [6, 6.07) is 0. The summed E-state index contributed by atoms with van der Waals surface area (Å²) in [7, 11) is 1.94. The van der Waals surface area contributed by atoms with Crippen molar-refractivity contribution in [3.8, 4) is 0 Å². The fourth-order valence-electron chi connectivity index (χ4n) is 2.15. The molecule has 0 radical (unpaired) electrons. The van der Waals surface area contributed by atoms with Gasteiger partial charge in [0.1, 0.15) is 0 Å². The smallest absolute Gasteiger partial charge is 0.323 e. The lowest BCUT2D eigenvalue weighted by Crippen LogP contribution is -2.13. The van der Waals surface area contributed by atoms with Gasteiger partial charge in [0, 0.05) is 0 Å². The maximum Gasteiger partial charge on any atom is 0.345 e. The van der Waals surface area contributed by atoms with Gasteiger partial charge in [-0.2, -0.15) is 8.78 Å². The second kappa shape index (κ2) is 6.30. The average molecular weight is 207 g/mol. The first-order valence-corrected chi connectivity index (χ1v) is 5.26. The maximum atomic E-state index is 11.8. The lowest BCUT2D eigenvalue weighted by Gasteiger charge is -2.11. The van der Waals surface area contributed by atoms with Gasteiger partial charge in [-0.05, 0) is 44.7 Å². The standard InChI is InChI=1S/C10H19F2NO/c1-13-5-4-8-2-3-9(6-8)7-14-10(11)12/h8-10,13H,2-7H2,1H3. The average Bonchev–Trinajstić information content (AvgIpc) is 2.59. The summed E-state index contributed by atoms with van der Waals surface area (Å²) in [5.74, 6) is 1.06. The van der Waals surface area contributed by atoms with Gasteiger partial charge in [0.15, 0.2) is 0 Å². The van der Waals surface area contributed by atoms with Crippen LogP contribution in [-0.4, -0.2) is 26.8 Å². The topological polar surface area (TPSA) is 21.3 Å². The van der Waals surface area contributed by atoms with Crippen molar-refractivity contribution in [3.05, 3.63) is 0 Å². The Balaban J connectivity index is 2.08. The molecule has 1 aliphatic carbocycles. The summed E-state index contributed by atoms with van der Waals surface area (Å²) < 4.78 is 27.8. The first-order chi connectivity index (χ1) is 6.72. The second-order valence-corrected chi connectivity index (χ2v) is 4.03. The van der Waals surface area contributed by atoms with E-state index in [1.165, 1.54) is 6.42 Å². The van der Waals surface area contributed by atoms with Gasteiger partial charge in [0.05, 0.1) is 6.61 Å². The van der Waals surface area contributed by atoms with Crippen LogP contribution in [0.25, 0.3) is 0 Å². The van der Waals surface area contributed by atoms with Gasteiger partial charge in [-0.15, -0.1) is 0 Å². The normalized spacial score (nSPS) is 27.4. The van der Waals surface area contributed by atoms with E-state index in [0.717, 1.165) is 25.8 Å². The van der Waals surface area contributed by atoms with Crippen LogP contribution in [0.1, 0.15) is 25.7 Å². The summed E-state index contributed by atoms with van der Waals surface area (Å²) >= 11 is 0. The van der Waals surface area contributed by atoms with E-state index in [0.29, 0.717) is 11.8 Å². The highest BCUT2D eigenvalue weighted by Gasteiger charge is 2.24.